The number of carbonyl (C=O) groups excluding carboxylic acids is 1. The third kappa shape index (κ3) is 14.0. The molecule has 0 aromatic rings. The van der Waals surface area contributed by atoms with Crippen LogP contribution < -0.4 is 16.0 Å². The van der Waals surface area contributed by atoms with E-state index in [9.17, 15) is 4.79 Å². The van der Waals surface area contributed by atoms with Crippen LogP contribution in [0, 0.1) is 17.8 Å². The predicted octanol–water partition coefficient (Wildman–Crippen LogP) is 4.19. The van der Waals surface area contributed by atoms with Gasteiger partial charge in [-0.1, -0.05) is 94.6 Å². The van der Waals surface area contributed by atoms with E-state index in [4.69, 9.17) is 4.74 Å². The lowest BCUT2D eigenvalue weighted by atomic mass is 10.2. The lowest BCUT2D eigenvalue weighted by Crippen LogP contribution is -2.48. The number of carbonyl (C=O) groups is 1. The molecule has 0 aliphatic heterocycles. The van der Waals surface area contributed by atoms with Crippen molar-refractivity contribution >= 4 is 35.6 Å². The Morgan fingerprint density at radius 1 is 1.10 bits per heavy atom. The van der Waals surface area contributed by atoms with Crippen LogP contribution in [0.2, 0.25) is 24.7 Å². The first-order chi connectivity index (χ1) is 13.9. The van der Waals surface area contributed by atoms with Crippen LogP contribution in [0.1, 0.15) is 41.5 Å². The van der Waals surface area contributed by atoms with E-state index >= 15 is 0 Å². The summed E-state index contributed by atoms with van der Waals surface area (Å²) >= 11 is 0. The lowest BCUT2D eigenvalue weighted by Gasteiger charge is -2.43. The topological polar surface area (TPSA) is 62.4 Å². The molecule has 0 rings (SSSR count). The Balaban J connectivity index is 4.35. The summed E-state index contributed by atoms with van der Waals surface area (Å²) in [4.78, 5) is 11.8. The molecule has 176 valence electrons. The van der Waals surface area contributed by atoms with Crippen molar-refractivity contribution in [3.8, 4) is 11.8 Å². The third-order valence-corrected chi connectivity index (χ3v) is 12.4. The molecule has 0 aromatic carbocycles. The van der Waals surface area contributed by atoms with Gasteiger partial charge in [-0.05, 0) is 5.04 Å². The summed E-state index contributed by atoms with van der Waals surface area (Å²) in [6.07, 6.45) is 0. The van der Waals surface area contributed by atoms with Crippen molar-refractivity contribution in [2.24, 2.45) is 5.92 Å². The maximum Gasteiger partial charge on any atom is 0.246 e. The van der Waals surface area contributed by atoms with Crippen molar-refractivity contribution in [3.63, 3.8) is 0 Å². The number of nitrogens with one attached hydrogen (secondary N) is 3. The Morgan fingerprint density at radius 2 is 1.77 bits per heavy atom. The number of hydrogen-bond acceptors (Lipinski definition) is 6. The fourth-order valence-electron chi connectivity index (χ4n) is 2.18. The molecule has 0 bridgehead atoms. The van der Waals surface area contributed by atoms with E-state index in [0.717, 1.165) is 18.8 Å². The first kappa shape index (κ1) is 29.8. The Bertz CT molecular complexity index is 541. The van der Waals surface area contributed by atoms with Crippen LogP contribution in [0.5, 0.6) is 0 Å². The van der Waals surface area contributed by atoms with Crippen molar-refractivity contribution in [1.29, 1.82) is 0 Å². The zero-order valence-corrected chi connectivity index (χ0v) is 23.2. The van der Waals surface area contributed by atoms with Crippen LogP contribution >= 0.6 is 21.6 Å². The highest BCUT2D eigenvalue weighted by Gasteiger charge is 2.41. The summed E-state index contributed by atoms with van der Waals surface area (Å²) in [6.45, 7) is 23.2. The molecule has 1 unspecified atom stereocenters. The second-order valence-corrected chi connectivity index (χ2v) is 18.0. The molecule has 0 spiro atoms. The molecule has 3 N–H and O–H groups in total. The second-order valence-electron chi connectivity index (χ2n) is 9.64. The Hall–Kier alpha value is -0.173. The quantitative estimate of drug-likeness (QED) is 0.109. The first-order valence-corrected chi connectivity index (χ1v) is 16.8. The highest BCUT2D eigenvalue weighted by Crippen LogP contribution is 2.47. The van der Waals surface area contributed by atoms with Crippen molar-refractivity contribution in [3.05, 3.63) is 0 Å². The van der Waals surface area contributed by atoms with Gasteiger partial charge in [-0.15, -0.1) is 0 Å². The fourth-order valence-corrected chi connectivity index (χ4v) is 7.30. The second kappa shape index (κ2) is 15.6. The van der Waals surface area contributed by atoms with Crippen LogP contribution in [0.3, 0.4) is 0 Å². The molecule has 0 heterocycles. The summed E-state index contributed by atoms with van der Waals surface area (Å²) in [5.74, 6) is 7.25. The molecule has 0 radical (unpaired) electrons. The highest BCUT2D eigenvalue weighted by molar-refractivity contribution is 8.77. The average molecular weight is 476 g/mol. The normalized spacial score (nSPS) is 13.3. The molecule has 8 heteroatoms. The number of hydrogen-bond donors (Lipinski definition) is 3. The number of rotatable bonds is 15. The Kier molecular flexibility index (Phi) is 15.5. The summed E-state index contributed by atoms with van der Waals surface area (Å²) in [6, 6.07) is 0.527. The van der Waals surface area contributed by atoms with Crippen molar-refractivity contribution in [2.75, 3.05) is 38.6 Å². The molecular weight excluding hydrogens is 430 g/mol. The zero-order valence-electron chi connectivity index (χ0n) is 20.6. The van der Waals surface area contributed by atoms with Gasteiger partial charge in [0.05, 0.1) is 26.6 Å². The van der Waals surface area contributed by atoms with Gasteiger partial charge in [0.15, 0.2) is 0 Å². The molecular formula is C22H45N3O2S2Si. The van der Waals surface area contributed by atoms with Crippen LogP contribution in [0.15, 0.2) is 0 Å². The van der Waals surface area contributed by atoms with Gasteiger partial charge in [-0.3, -0.25) is 4.79 Å². The van der Waals surface area contributed by atoms with Crippen LogP contribution in [0.25, 0.3) is 0 Å². The van der Waals surface area contributed by atoms with Gasteiger partial charge >= 0.3 is 0 Å². The van der Waals surface area contributed by atoms with E-state index in [0.29, 0.717) is 30.5 Å². The van der Waals surface area contributed by atoms with Gasteiger partial charge < -0.3 is 20.7 Å². The third-order valence-electron chi connectivity index (χ3n) is 5.06. The zero-order chi connectivity index (χ0) is 23.2. The molecule has 0 aliphatic carbocycles. The van der Waals surface area contributed by atoms with Crippen LogP contribution in [0.4, 0.5) is 0 Å². The Labute approximate surface area is 194 Å². The number of ether oxygens (including phenoxy) is 1. The molecule has 0 fully saturated rings. The van der Waals surface area contributed by atoms with Gasteiger partial charge in [-0.2, -0.15) is 0 Å². The van der Waals surface area contributed by atoms with Crippen LogP contribution in [-0.4, -0.2) is 64.0 Å². The standard InChI is InChI=1S/C22H45N3O2S2Si/c1-18(2)11-10-12-24-20(26)17-27-15-13-25-21(22(5,6)30(7,8)9)29-28-16-14-23-19(3)4/h18-19,21,23,25H,12-17H2,1-9H3,(H,24,26). The van der Waals surface area contributed by atoms with Crippen molar-refractivity contribution in [1.82, 2.24) is 16.0 Å². The van der Waals surface area contributed by atoms with E-state index in [1.54, 1.807) is 0 Å². The first-order valence-electron chi connectivity index (χ1n) is 11.0. The van der Waals surface area contributed by atoms with Gasteiger partial charge in [0.25, 0.3) is 0 Å². The SMILES string of the molecule is CC(C)C#CCNC(=O)COCCNC(SSCCNC(C)C)C(C)(C)[Si](C)(C)C. The van der Waals surface area contributed by atoms with Gasteiger partial charge in [0.1, 0.15) is 6.61 Å². The highest BCUT2D eigenvalue weighted by atomic mass is 33.1. The molecule has 0 saturated carbocycles. The minimum atomic E-state index is -1.38. The average Bonchev–Trinajstić information content (AvgIpc) is 2.61. The maximum atomic E-state index is 11.8. The molecule has 30 heavy (non-hydrogen) atoms. The summed E-state index contributed by atoms with van der Waals surface area (Å²) in [5, 5.41) is 10.5. The van der Waals surface area contributed by atoms with E-state index in [1.165, 1.54) is 0 Å². The van der Waals surface area contributed by atoms with Gasteiger partial charge in [0.2, 0.25) is 5.91 Å². The molecule has 0 saturated heterocycles. The predicted molar refractivity (Wildman–Crippen MR) is 139 cm³/mol. The molecule has 0 aliphatic rings. The van der Waals surface area contributed by atoms with Crippen molar-refractivity contribution < 1.29 is 9.53 Å². The maximum absolute atomic E-state index is 11.8. The summed E-state index contributed by atoms with van der Waals surface area (Å²) in [7, 11) is 2.48. The summed E-state index contributed by atoms with van der Waals surface area (Å²) < 4.78 is 5.55. The smallest absolute Gasteiger partial charge is 0.246 e. The van der Waals surface area contributed by atoms with E-state index in [2.05, 4.69) is 75.1 Å². The molecule has 1 atom stereocenters. The minimum absolute atomic E-state index is 0.0792. The largest absolute Gasteiger partial charge is 0.370 e. The minimum Gasteiger partial charge on any atom is -0.370 e. The Morgan fingerprint density at radius 3 is 2.33 bits per heavy atom. The molecule has 5 nitrogen and oxygen atoms in total. The monoisotopic (exact) mass is 475 g/mol. The van der Waals surface area contributed by atoms with Gasteiger partial charge in [-0.25, -0.2) is 0 Å². The van der Waals surface area contributed by atoms with Crippen LogP contribution in [-0.2, 0) is 9.53 Å². The molecule has 1 amide bonds. The van der Waals surface area contributed by atoms with E-state index in [-0.39, 0.29) is 17.6 Å². The van der Waals surface area contributed by atoms with Gasteiger partial charge in [0, 0.05) is 30.8 Å². The van der Waals surface area contributed by atoms with E-state index < -0.39 is 8.07 Å². The van der Waals surface area contributed by atoms with Crippen molar-refractivity contribution in [2.45, 2.75) is 77.6 Å². The molecule has 0 aromatic heterocycles. The lowest BCUT2D eigenvalue weighted by molar-refractivity contribution is -0.125. The number of amides is 1. The summed E-state index contributed by atoms with van der Waals surface area (Å²) in [5.41, 5.74) is 0. The fraction of sp³-hybridized carbons (Fsp3) is 0.864. The van der Waals surface area contributed by atoms with E-state index in [1.807, 2.05) is 35.4 Å².